The third kappa shape index (κ3) is 441. The summed E-state index contributed by atoms with van der Waals surface area (Å²) in [5.41, 5.74) is 0. The van der Waals surface area contributed by atoms with Gasteiger partial charge in [-0.2, -0.15) is 0 Å². The van der Waals surface area contributed by atoms with E-state index >= 15 is 0 Å². The van der Waals surface area contributed by atoms with Crippen molar-refractivity contribution >= 4 is 0 Å². The third-order valence-corrected chi connectivity index (χ3v) is 0. The molecule has 0 aromatic rings. The SMILES string of the molecule is O.O.O.O.O.O.[Cl-].[Cl-].[Cl-].[Cl-].[Ru+4]. The van der Waals surface area contributed by atoms with E-state index in [9.17, 15) is 0 Å². The molecule has 0 rings (SSSR count). The van der Waals surface area contributed by atoms with E-state index in [0.29, 0.717) is 0 Å². The van der Waals surface area contributed by atoms with Crippen molar-refractivity contribution in [2.24, 2.45) is 0 Å². The van der Waals surface area contributed by atoms with Gasteiger partial charge < -0.3 is 82.5 Å². The summed E-state index contributed by atoms with van der Waals surface area (Å²) in [4.78, 5) is 0. The van der Waals surface area contributed by atoms with Crippen molar-refractivity contribution in [2.45, 2.75) is 0 Å². The Morgan fingerprint density at radius 2 is 0.273 bits per heavy atom. The number of halogens is 4. The first kappa shape index (κ1) is 702. The van der Waals surface area contributed by atoms with Crippen LogP contribution >= 0.6 is 0 Å². The van der Waals surface area contributed by atoms with Gasteiger partial charge in [0.2, 0.25) is 0 Å². The minimum absolute atomic E-state index is 0. The molecular formula is H12Cl4O6Ru. The largest absolute Gasteiger partial charge is 4.00 e. The molecule has 0 aliphatic rings. The van der Waals surface area contributed by atoms with E-state index in [2.05, 4.69) is 0 Å². The topological polar surface area (TPSA) is 189 Å². The van der Waals surface area contributed by atoms with Crippen LogP contribution in [0.25, 0.3) is 0 Å². The molecule has 0 unspecified atom stereocenters. The monoisotopic (exact) mass is 350 g/mol. The van der Waals surface area contributed by atoms with E-state index in [4.69, 9.17) is 0 Å². The van der Waals surface area contributed by atoms with Crippen LogP contribution in [0.15, 0.2) is 0 Å². The van der Waals surface area contributed by atoms with Gasteiger partial charge in [-0.05, 0) is 0 Å². The second-order valence-electron chi connectivity index (χ2n) is 0. The Bertz CT molecular complexity index is 14.5. The minimum atomic E-state index is 0. The molecule has 11 heavy (non-hydrogen) atoms. The zero-order valence-electron chi connectivity index (χ0n) is 4.87. The van der Waals surface area contributed by atoms with Crippen LogP contribution in [0.5, 0.6) is 0 Å². The maximum absolute atomic E-state index is 0. The van der Waals surface area contributed by atoms with Crippen molar-refractivity contribution in [2.75, 3.05) is 0 Å². The summed E-state index contributed by atoms with van der Waals surface area (Å²) in [6.45, 7) is 0. The summed E-state index contributed by atoms with van der Waals surface area (Å²) in [5, 5.41) is 0. The number of hydrogen-bond donors (Lipinski definition) is 0. The van der Waals surface area contributed by atoms with Crippen LogP contribution in [0.3, 0.4) is 0 Å². The molecule has 0 aliphatic heterocycles. The zero-order valence-corrected chi connectivity index (χ0v) is 9.63. The minimum Gasteiger partial charge on any atom is -1.00 e. The maximum Gasteiger partial charge on any atom is 4.00 e. The Balaban J connectivity index is 0. The summed E-state index contributed by atoms with van der Waals surface area (Å²) in [5.74, 6) is 0. The van der Waals surface area contributed by atoms with Crippen molar-refractivity contribution in [1.29, 1.82) is 0 Å². The average molecular weight is 351 g/mol. The Kier molecular flexibility index (Phi) is 34400. The maximum atomic E-state index is 0. The first-order chi connectivity index (χ1) is 0. The van der Waals surface area contributed by atoms with Crippen LogP contribution in [0.2, 0.25) is 0 Å². The fourth-order valence-electron chi connectivity index (χ4n) is 0. The molecule has 0 saturated heterocycles. The van der Waals surface area contributed by atoms with Crippen LogP contribution < -0.4 is 49.6 Å². The molecule has 12 N–H and O–H groups in total. The fraction of sp³-hybridized carbons (Fsp3) is 0. The van der Waals surface area contributed by atoms with E-state index in [1.807, 2.05) is 0 Å². The molecule has 0 aliphatic carbocycles. The number of rotatable bonds is 0. The van der Waals surface area contributed by atoms with Gasteiger partial charge in [-0.15, -0.1) is 0 Å². The van der Waals surface area contributed by atoms with E-state index in [1.165, 1.54) is 0 Å². The Hall–Kier alpha value is 1.54. The van der Waals surface area contributed by atoms with Gasteiger partial charge in [0.25, 0.3) is 0 Å². The summed E-state index contributed by atoms with van der Waals surface area (Å²) in [6, 6.07) is 0. The van der Waals surface area contributed by atoms with Crippen LogP contribution in [0.4, 0.5) is 0 Å². The van der Waals surface area contributed by atoms with Gasteiger partial charge in [-0.1, -0.05) is 0 Å². The van der Waals surface area contributed by atoms with E-state index in [1.54, 1.807) is 0 Å². The third-order valence-electron chi connectivity index (χ3n) is 0. The molecule has 0 atom stereocenters. The molecule has 0 amide bonds. The first-order valence-electron chi connectivity index (χ1n) is 0. The van der Waals surface area contributed by atoms with Crippen LogP contribution in [0, 0.1) is 0 Å². The Labute approximate surface area is 102 Å². The molecule has 0 saturated carbocycles. The molecule has 0 radical (unpaired) electrons. The summed E-state index contributed by atoms with van der Waals surface area (Å²) in [6.07, 6.45) is 0. The molecule has 0 fully saturated rings. The Morgan fingerprint density at radius 3 is 0.273 bits per heavy atom. The smallest absolute Gasteiger partial charge is 1.00 e. The predicted molar refractivity (Wildman–Crippen MR) is 21.7 cm³/mol. The molecule has 6 nitrogen and oxygen atoms in total. The van der Waals surface area contributed by atoms with Gasteiger partial charge in [0.1, 0.15) is 0 Å². The van der Waals surface area contributed by atoms with Gasteiger partial charge in [-0.25, -0.2) is 0 Å². The summed E-state index contributed by atoms with van der Waals surface area (Å²) < 4.78 is 0. The van der Waals surface area contributed by atoms with Crippen molar-refractivity contribution in [3.05, 3.63) is 0 Å². The quantitative estimate of drug-likeness (QED) is 0.375. The van der Waals surface area contributed by atoms with Crippen LogP contribution in [0.1, 0.15) is 0 Å². The Morgan fingerprint density at radius 1 is 0.273 bits per heavy atom. The number of hydrogen-bond acceptors (Lipinski definition) is 0. The van der Waals surface area contributed by atoms with Crippen molar-refractivity contribution in [3.8, 4) is 0 Å². The van der Waals surface area contributed by atoms with E-state index in [0.717, 1.165) is 0 Å². The second-order valence-corrected chi connectivity index (χ2v) is 0. The van der Waals surface area contributed by atoms with Gasteiger partial charge in [-0.3, -0.25) is 0 Å². The van der Waals surface area contributed by atoms with Gasteiger partial charge in [0, 0.05) is 0 Å². The molecular weight excluding hydrogens is 339 g/mol. The second kappa shape index (κ2) is 539. The van der Waals surface area contributed by atoms with Crippen molar-refractivity contribution in [3.63, 3.8) is 0 Å². The zero-order chi connectivity index (χ0) is 0. The van der Waals surface area contributed by atoms with E-state index in [-0.39, 0.29) is 102 Å². The molecule has 0 heterocycles. The van der Waals surface area contributed by atoms with Gasteiger partial charge in [0.15, 0.2) is 0 Å². The molecule has 0 aromatic heterocycles. The fourth-order valence-corrected chi connectivity index (χ4v) is 0. The van der Waals surface area contributed by atoms with Gasteiger partial charge >= 0.3 is 19.5 Å². The first-order valence-corrected chi connectivity index (χ1v) is 0. The molecule has 0 spiro atoms. The standard InChI is InChI=1S/4ClH.6H2O.Ru/h4*1H;6*1H2;/q;;;;;;;;;;+4/p-4. The predicted octanol–water partition coefficient (Wildman–Crippen LogP) is -16.9. The van der Waals surface area contributed by atoms with Crippen molar-refractivity contribution < 1.29 is 102 Å². The summed E-state index contributed by atoms with van der Waals surface area (Å²) in [7, 11) is 0. The molecule has 0 bridgehead atoms. The van der Waals surface area contributed by atoms with E-state index < -0.39 is 0 Å². The molecule has 11 heteroatoms. The van der Waals surface area contributed by atoms with Crippen LogP contribution in [-0.2, 0) is 19.5 Å². The van der Waals surface area contributed by atoms with Gasteiger partial charge in [0.05, 0.1) is 0 Å². The summed E-state index contributed by atoms with van der Waals surface area (Å²) >= 11 is 0. The van der Waals surface area contributed by atoms with Crippen molar-refractivity contribution in [1.82, 2.24) is 0 Å². The normalized spacial score (nSPS) is 0. The van der Waals surface area contributed by atoms with Crippen LogP contribution in [-0.4, -0.2) is 32.9 Å². The molecule has 84 valence electrons. The average Bonchev–Trinajstić information content (AvgIpc) is 0. The molecule has 0 aromatic carbocycles.